The number of nitrogens with one attached hydrogen (secondary N) is 1. The highest BCUT2D eigenvalue weighted by atomic mass is 32.2. The van der Waals surface area contributed by atoms with Gasteiger partial charge in [0.05, 0.1) is 12.0 Å². The van der Waals surface area contributed by atoms with Gasteiger partial charge < -0.3 is 16.8 Å². The van der Waals surface area contributed by atoms with E-state index in [0.29, 0.717) is 12.0 Å². The van der Waals surface area contributed by atoms with Gasteiger partial charge in [0, 0.05) is 22.7 Å². The third-order valence-corrected chi connectivity index (χ3v) is 7.49. The van der Waals surface area contributed by atoms with E-state index in [4.69, 9.17) is 16.7 Å². The summed E-state index contributed by atoms with van der Waals surface area (Å²) in [5.41, 5.74) is 10.3. The minimum Gasteiger partial charge on any atom is -0.382 e. The number of nitrogens with two attached hydrogens (primary N) is 2. The van der Waals surface area contributed by atoms with Gasteiger partial charge in [-0.25, -0.2) is 10.2 Å². The van der Waals surface area contributed by atoms with E-state index in [1.165, 1.54) is 6.07 Å². The van der Waals surface area contributed by atoms with Gasteiger partial charge in [0.25, 0.3) is 20.2 Å². The second-order valence-electron chi connectivity index (χ2n) is 8.16. The van der Waals surface area contributed by atoms with Gasteiger partial charge in [0.2, 0.25) is 5.95 Å². The van der Waals surface area contributed by atoms with Crippen LogP contribution in [0.4, 0.5) is 54.7 Å². The molecule has 0 aliphatic heterocycles. The molecular weight excluding hydrogens is 670 g/mol. The molecule has 24 heteroatoms. The Labute approximate surface area is 254 Å². The monoisotopic (exact) mass is 686 g/mol. The minimum absolute atomic E-state index is 0.0118. The molecule has 0 aliphatic rings. The first-order chi connectivity index (χ1) is 21.1. The van der Waals surface area contributed by atoms with Crippen molar-refractivity contribution >= 4 is 78.2 Å². The van der Waals surface area contributed by atoms with Gasteiger partial charge in [0.15, 0.2) is 11.6 Å². The van der Waals surface area contributed by atoms with E-state index in [1.54, 1.807) is 0 Å². The number of azo groups is 2. The van der Waals surface area contributed by atoms with Gasteiger partial charge >= 0.3 is 6.08 Å². The summed E-state index contributed by atoms with van der Waals surface area (Å²) in [6, 6.07) is 8.18. The van der Waals surface area contributed by atoms with Crippen LogP contribution in [0.1, 0.15) is 0 Å². The van der Waals surface area contributed by atoms with E-state index in [9.17, 15) is 34.7 Å². The average Bonchev–Trinajstić information content (AvgIpc) is 2.93. The predicted octanol–water partition coefficient (Wildman–Crippen LogP) is 4.81. The van der Waals surface area contributed by atoms with Crippen LogP contribution < -0.4 is 16.8 Å². The van der Waals surface area contributed by atoms with Gasteiger partial charge in [-0.2, -0.15) is 35.6 Å². The first-order valence-electron chi connectivity index (χ1n) is 11.4. The molecule has 0 radical (unpaired) electrons. The van der Waals surface area contributed by atoms with E-state index in [-0.39, 0.29) is 39.4 Å². The summed E-state index contributed by atoms with van der Waals surface area (Å²) in [6.45, 7) is 0. The van der Waals surface area contributed by atoms with Crippen molar-refractivity contribution in [1.29, 1.82) is 0 Å². The van der Waals surface area contributed by atoms with Crippen molar-refractivity contribution in [2.24, 2.45) is 20.5 Å². The number of pyridine rings is 1. The summed E-state index contributed by atoms with van der Waals surface area (Å²) >= 11 is 0.457. The normalized spacial score (nSPS) is 12.3. The number of nitrogens with zero attached hydrogens (tertiary/aromatic N) is 7. The van der Waals surface area contributed by atoms with Crippen LogP contribution in [0.3, 0.4) is 0 Å². The maximum Gasteiger partial charge on any atom is 0.313 e. The van der Waals surface area contributed by atoms with Gasteiger partial charge in [-0.15, -0.1) is 24.8 Å². The molecule has 2 heterocycles. The lowest BCUT2D eigenvalue weighted by molar-refractivity contribution is -0.432. The number of halogens is 2. The summed E-state index contributed by atoms with van der Waals surface area (Å²) in [5.74, 6) is -2.17. The van der Waals surface area contributed by atoms with Crippen LogP contribution in [0.25, 0.3) is 0 Å². The van der Waals surface area contributed by atoms with E-state index in [2.05, 4.69) is 50.1 Å². The summed E-state index contributed by atoms with van der Waals surface area (Å²) in [6.07, 6.45) is -1.38. The Balaban J connectivity index is 1.71. The Morgan fingerprint density at radius 2 is 1.31 bits per heavy atom. The molecule has 8 N–H and O–H groups in total. The smallest absolute Gasteiger partial charge is 0.313 e. The van der Waals surface area contributed by atoms with Crippen molar-refractivity contribution in [3.63, 3.8) is 0 Å². The third-order valence-electron chi connectivity index (χ3n) is 5.12. The zero-order valence-electron chi connectivity index (χ0n) is 21.7. The number of hydrogen-bond acceptors (Lipinski definition) is 18. The van der Waals surface area contributed by atoms with Crippen molar-refractivity contribution in [3.8, 4) is 0 Å². The van der Waals surface area contributed by atoms with E-state index < -0.39 is 53.4 Å². The maximum atomic E-state index is 13.4. The molecule has 236 valence electrons. The summed E-state index contributed by atoms with van der Waals surface area (Å²) < 4.78 is 97.7. The summed E-state index contributed by atoms with van der Waals surface area (Å²) in [7, 11) is -9.65. The quantitative estimate of drug-likeness (QED) is 0.0234. The highest BCUT2D eigenvalue weighted by molar-refractivity contribution is 7.94. The zero-order chi connectivity index (χ0) is 32.9. The minimum atomic E-state index is -4.86. The molecule has 0 bridgehead atoms. The second kappa shape index (κ2) is 13.4. The molecule has 0 amide bonds. The van der Waals surface area contributed by atoms with Crippen LogP contribution in [0, 0.1) is 12.0 Å². The molecule has 0 fully saturated rings. The maximum absolute atomic E-state index is 13.4. The zero-order valence-corrected chi connectivity index (χ0v) is 24.1. The lowest BCUT2D eigenvalue weighted by Crippen LogP contribution is -2.02. The van der Waals surface area contributed by atoms with Gasteiger partial charge in [-0.3, -0.25) is 9.11 Å². The fraction of sp³-hybridized carbons (Fsp3) is 0. The lowest BCUT2D eigenvalue weighted by atomic mass is 10.3. The standard InChI is InChI=1S/C21H16F2N10O9S3/c22-17-8-18(28-21(23)27-17)26-9-1-3-15(44(35,36)37)11(5-9)30-32-13-7-14(20(25)29-19(13)24)33-31-12-6-10(43-42-41-34)2-4-16(12)45(38,39)40/h1-8,34H,(H4,24,25,29)(H,26,27,28)(H,35,36,37)(H,38,39,40)/b32-30+,33-31+. The van der Waals surface area contributed by atoms with E-state index in [1.807, 2.05) is 0 Å². The number of benzene rings is 2. The predicted molar refractivity (Wildman–Crippen MR) is 150 cm³/mol. The number of anilines is 4. The molecule has 0 saturated heterocycles. The van der Waals surface area contributed by atoms with Gasteiger partial charge in [0.1, 0.15) is 38.4 Å². The van der Waals surface area contributed by atoms with Crippen molar-refractivity contribution in [3.05, 3.63) is 60.6 Å². The lowest BCUT2D eigenvalue weighted by Gasteiger charge is -2.09. The number of nitrogen functional groups attached to an aromatic ring is 2. The first-order valence-corrected chi connectivity index (χ1v) is 15.0. The van der Waals surface area contributed by atoms with Crippen molar-refractivity contribution in [2.45, 2.75) is 14.7 Å². The fourth-order valence-electron chi connectivity index (χ4n) is 3.29. The molecule has 2 aromatic heterocycles. The molecule has 45 heavy (non-hydrogen) atoms. The van der Waals surface area contributed by atoms with Crippen LogP contribution >= 0.6 is 12.0 Å². The van der Waals surface area contributed by atoms with Crippen molar-refractivity contribution < 1.29 is 49.4 Å². The molecular formula is C21H16F2N10O9S3. The van der Waals surface area contributed by atoms with Crippen LogP contribution in [-0.2, 0) is 29.6 Å². The molecule has 0 saturated carbocycles. The van der Waals surface area contributed by atoms with Crippen molar-refractivity contribution in [2.75, 3.05) is 16.8 Å². The number of aromatic nitrogens is 3. The number of rotatable bonds is 11. The highest BCUT2D eigenvalue weighted by Gasteiger charge is 2.19. The SMILES string of the molecule is Nc1nc(N)c(/N=N/c2cc(SOOO)ccc2S(=O)(=O)O)cc1/N=N/c1cc(Nc2cc(F)nc(F)n2)ccc1S(=O)(=O)O. The van der Waals surface area contributed by atoms with E-state index >= 15 is 0 Å². The number of hydrogen-bond donors (Lipinski definition) is 6. The Hall–Kier alpha value is -4.82. The van der Waals surface area contributed by atoms with Crippen LogP contribution in [0.5, 0.6) is 0 Å². The van der Waals surface area contributed by atoms with Crippen LogP contribution in [0.15, 0.2) is 83.7 Å². The molecule has 0 atom stereocenters. The Bertz CT molecular complexity index is 2030. The fourth-order valence-corrected chi connectivity index (χ4v) is 4.89. The Morgan fingerprint density at radius 1 is 0.756 bits per heavy atom. The summed E-state index contributed by atoms with van der Waals surface area (Å²) in [4.78, 5) is 8.82. The molecule has 0 aliphatic carbocycles. The van der Waals surface area contributed by atoms with E-state index in [0.717, 1.165) is 42.5 Å². The van der Waals surface area contributed by atoms with Gasteiger partial charge in [-0.1, -0.05) is 5.04 Å². The van der Waals surface area contributed by atoms with Gasteiger partial charge in [-0.05, 0) is 36.4 Å². The topological polar surface area (TPSA) is 300 Å². The molecule has 2 aromatic carbocycles. The molecule has 4 aromatic rings. The first kappa shape index (κ1) is 33.1. The molecule has 0 spiro atoms. The Kier molecular flexibility index (Phi) is 9.88. The van der Waals surface area contributed by atoms with Crippen LogP contribution in [0.2, 0.25) is 0 Å². The van der Waals surface area contributed by atoms with Crippen molar-refractivity contribution in [1.82, 2.24) is 15.0 Å². The average molecular weight is 687 g/mol. The third kappa shape index (κ3) is 8.64. The Morgan fingerprint density at radius 3 is 1.87 bits per heavy atom. The molecule has 0 unspecified atom stereocenters. The molecule has 4 rings (SSSR count). The molecule has 19 nitrogen and oxygen atoms in total. The van der Waals surface area contributed by atoms with Crippen LogP contribution in [-0.4, -0.2) is 46.2 Å². The summed E-state index contributed by atoms with van der Waals surface area (Å²) in [5, 5.41) is 29.5. The second-order valence-corrected chi connectivity index (χ2v) is 11.7. The largest absolute Gasteiger partial charge is 0.382 e. The highest BCUT2D eigenvalue weighted by Crippen LogP contribution is 2.36.